The molecule has 2 aliphatic rings. The van der Waals surface area contributed by atoms with Crippen molar-refractivity contribution in [3.05, 3.63) is 34.9 Å². The van der Waals surface area contributed by atoms with Gasteiger partial charge in [-0.15, -0.1) is 0 Å². The van der Waals surface area contributed by atoms with Crippen LogP contribution < -0.4 is 5.32 Å². The van der Waals surface area contributed by atoms with Crippen LogP contribution in [0.25, 0.3) is 0 Å². The molecule has 1 saturated carbocycles. The Morgan fingerprint density at radius 3 is 2.71 bits per heavy atom. The molecule has 21 heavy (non-hydrogen) atoms. The fourth-order valence-electron chi connectivity index (χ4n) is 2.96. The molecule has 0 bridgehead atoms. The van der Waals surface area contributed by atoms with Gasteiger partial charge >= 0.3 is 0 Å². The van der Waals surface area contributed by atoms with Gasteiger partial charge in [-0.3, -0.25) is 14.6 Å². The second kappa shape index (κ2) is 5.98. The third-order valence-electron chi connectivity index (χ3n) is 4.12. The summed E-state index contributed by atoms with van der Waals surface area (Å²) in [4.78, 5) is 28.8. The van der Waals surface area contributed by atoms with Crippen molar-refractivity contribution in [2.24, 2.45) is 4.99 Å². The zero-order valence-electron chi connectivity index (χ0n) is 11.6. The van der Waals surface area contributed by atoms with Crippen LogP contribution in [0.2, 0.25) is 5.02 Å². The van der Waals surface area contributed by atoms with E-state index in [1.54, 1.807) is 24.3 Å². The third-order valence-corrected chi connectivity index (χ3v) is 4.38. The minimum absolute atomic E-state index is 0.0523. The molecule has 1 aromatic carbocycles. The number of ketones is 1. The van der Waals surface area contributed by atoms with Gasteiger partial charge in [-0.2, -0.15) is 0 Å². The van der Waals surface area contributed by atoms with Crippen LogP contribution in [0.1, 0.15) is 42.5 Å². The first-order valence-electron chi connectivity index (χ1n) is 7.30. The Hall–Kier alpha value is -1.68. The maximum Gasteiger partial charge on any atom is 0.265 e. The van der Waals surface area contributed by atoms with E-state index in [9.17, 15) is 9.59 Å². The number of aliphatic imine (C=N–C) groups is 1. The maximum atomic E-state index is 12.2. The molecule has 1 heterocycles. The number of rotatable bonds is 3. The van der Waals surface area contributed by atoms with Crippen LogP contribution in [0.15, 0.2) is 29.3 Å². The molecule has 4 nitrogen and oxygen atoms in total. The van der Waals surface area contributed by atoms with Crippen molar-refractivity contribution < 1.29 is 9.59 Å². The minimum atomic E-state index is -0.194. The van der Waals surface area contributed by atoms with Gasteiger partial charge in [0.15, 0.2) is 5.78 Å². The molecule has 0 unspecified atom stereocenters. The molecule has 1 aromatic rings. The van der Waals surface area contributed by atoms with Crippen molar-refractivity contribution in [1.82, 2.24) is 5.32 Å². The molecule has 1 N–H and O–H groups in total. The van der Waals surface area contributed by atoms with Gasteiger partial charge in [0, 0.05) is 10.6 Å². The third kappa shape index (κ3) is 3.16. The SMILES string of the molecule is O=C1N[C@H]2CCCC[C@H]2N=C1CC(=O)c1ccc(Cl)cc1. The van der Waals surface area contributed by atoms with Gasteiger partial charge in [0.1, 0.15) is 5.71 Å². The highest BCUT2D eigenvalue weighted by Gasteiger charge is 2.33. The molecule has 0 radical (unpaired) electrons. The first-order valence-corrected chi connectivity index (χ1v) is 7.67. The van der Waals surface area contributed by atoms with Gasteiger partial charge in [-0.1, -0.05) is 24.4 Å². The second-order valence-corrected chi connectivity index (χ2v) is 6.05. The molecule has 110 valence electrons. The summed E-state index contributed by atoms with van der Waals surface area (Å²) < 4.78 is 0. The van der Waals surface area contributed by atoms with Crippen LogP contribution in [0, 0.1) is 0 Å². The van der Waals surface area contributed by atoms with E-state index in [1.165, 1.54) is 0 Å². The summed E-state index contributed by atoms with van der Waals surface area (Å²) in [6, 6.07) is 7.00. The quantitative estimate of drug-likeness (QED) is 0.873. The van der Waals surface area contributed by atoms with E-state index in [2.05, 4.69) is 10.3 Å². The van der Waals surface area contributed by atoms with E-state index in [1.807, 2.05) is 0 Å². The molecule has 0 aromatic heterocycles. The number of nitrogens with zero attached hydrogens (tertiary/aromatic N) is 1. The largest absolute Gasteiger partial charge is 0.346 e. The predicted octanol–water partition coefficient (Wildman–Crippen LogP) is 2.79. The number of carbonyl (C=O) groups is 2. The Kier molecular flexibility index (Phi) is 4.06. The van der Waals surface area contributed by atoms with Crippen LogP contribution in [0.4, 0.5) is 0 Å². The van der Waals surface area contributed by atoms with Crippen molar-refractivity contribution >= 4 is 29.0 Å². The molecule has 3 rings (SSSR count). The second-order valence-electron chi connectivity index (χ2n) is 5.61. The van der Waals surface area contributed by atoms with E-state index in [0.29, 0.717) is 16.3 Å². The number of Topliss-reactive ketones (excluding diaryl/α,β-unsaturated/α-hetero) is 1. The lowest BCUT2D eigenvalue weighted by Crippen LogP contribution is -2.51. The standard InChI is InChI=1S/C16H17ClN2O2/c17-11-7-5-10(6-8-11)15(20)9-14-16(21)19-13-4-2-1-3-12(13)18-14/h5-8,12-13H,1-4,9H2,(H,19,21)/t12-,13+/m1/s1. The van der Waals surface area contributed by atoms with Gasteiger partial charge in [0.25, 0.3) is 5.91 Å². The predicted molar refractivity (Wildman–Crippen MR) is 82.0 cm³/mol. The number of fused-ring (bicyclic) bond motifs is 1. The van der Waals surface area contributed by atoms with Crippen LogP contribution in [-0.4, -0.2) is 29.5 Å². The molecule has 2 atom stereocenters. The molecule has 1 fully saturated rings. The summed E-state index contributed by atoms with van der Waals surface area (Å²) in [6.45, 7) is 0. The lowest BCUT2D eigenvalue weighted by molar-refractivity contribution is -0.116. The molecule has 5 heteroatoms. The Labute approximate surface area is 128 Å². The summed E-state index contributed by atoms with van der Waals surface area (Å²) in [6.07, 6.45) is 4.30. The number of nitrogens with one attached hydrogen (secondary N) is 1. The van der Waals surface area contributed by atoms with Crippen molar-refractivity contribution in [2.45, 2.75) is 44.2 Å². The number of hydrogen-bond acceptors (Lipinski definition) is 3. The number of halogens is 1. The molecule has 1 aliphatic carbocycles. The Bertz CT molecular complexity index is 595. The monoisotopic (exact) mass is 304 g/mol. The van der Waals surface area contributed by atoms with E-state index in [0.717, 1.165) is 25.7 Å². The molecule has 0 saturated heterocycles. The van der Waals surface area contributed by atoms with Crippen molar-refractivity contribution in [2.75, 3.05) is 0 Å². The van der Waals surface area contributed by atoms with Gasteiger partial charge in [-0.25, -0.2) is 0 Å². The number of carbonyl (C=O) groups excluding carboxylic acids is 2. The summed E-state index contributed by atoms with van der Waals surface area (Å²) in [5, 5.41) is 3.58. The van der Waals surface area contributed by atoms with E-state index >= 15 is 0 Å². The first-order chi connectivity index (χ1) is 10.1. The molecule has 0 spiro atoms. The highest BCUT2D eigenvalue weighted by atomic mass is 35.5. The Balaban J connectivity index is 1.74. The summed E-state index contributed by atoms with van der Waals surface area (Å²) >= 11 is 5.81. The molecule has 1 amide bonds. The summed E-state index contributed by atoms with van der Waals surface area (Å²) in [5.41, 5.74) is 0.916. The number of amides is 1. The van der Waals surface area contributed by atoms with Gasteiger partial charge in [0.2, 0.25) is 0 Å². The minimum Gasteiger partial charge on any atom is -0.346 e. The number of hydrogen-bond donors (Lipinski definition) is 1. The van der Waals surface area contributed by atoms with Gasteiger partial charge < -0.3 is 5.32 Å². The van der Waals surface area contributed by atoms with Crippen LogP contribution in [0.5, 0.6) is 0 Å². The fourth-order valence-corrected chi connectivity index (χ4v) is 3.09. The maximum absolute atomic E-state index is 12.2. The average Bonchev–Trinajstić information content (AvgIpc) is 2.48. The van der Waals surface area contributed by atoms with E-state index in [4.69, 9.17) is 11.6 Å². The lowest BCUT2D eigenvalue weighted by Gasteiger charge is -2.33. The number of benzene rings is 1. The topological polar surface area (TPSA) is 58.5 Å². The van der Waals surface area contributed by atoms with Crippen molar-refractivity contribution in [1.29, 1.82) is 0 Å². The van der Waals surface area contributed by atoms with Crippen LogP contribution in [-0.2, 0) is 4.79 Å². The van der Waals surface area contributed by atoms with Crippen LogP contribution in [0.3, 0.4) is 0 Å². The molecular formula is C16H17ClN2O2. The summed E-state index contributed by atoms with van der Waals surface area (Å²) in [5.74, 6) is -0.296. The average molecular weight is 305 g/mol. The lowest BCUT2D eigenvalue weighted by atomic mass is 9.88. The molecule has 1 aliphatic heterocycles. The Morgan fingerprint density at radius 2 is 1.95 bits per heavy atom. The zero-order valence-corrected chi connectivity index (χ0v) is 12.4. The highest BCUT2D eigenvalue weighted by molar-refractivity contribution is 6.43. The van der Waals surface area contributed by atoms with E-state index < -0.39 is 0 Å². The van der Waals surface area contributed by atoms with Crippen molar-refractivity contribution in [3.63, 3.8) is 0 Å². The van der Waals surface area contributed by atoms with Crippen LogP contribution >= 0.6 is 11.6 Å². The zero-order chi connectivity index (χ0) is 14.8. The summed E-state index contributed by atoms with van der Waals surface area (Å²) in [7, 11) is 0. The normalized spacial score (nSPS) is 24.8. The van der Waals surface area contributed by atoms with Gasteiger partial charge in [-0.05, 0) is 37.1 Å². The van der Waals surface area contributed by atoms with Crippen molar-refractivity contribution in [3.8, 4) is 0 Å². The first kappa shape index (κ1) is 14.3. The smallest absolute Gasteiger partial charge is 0.265 e. The fraction of sp³-hybridized carbons (Fsp3) is 0.438. The molecular weight excluding hydrogens is 288 g/mol. The van der Waals surface area contributed by atoms with E-state index in [-0.39, 0.29) is 30.2 Å². The van der Waals surface area contributed by atoms with Gasteiger partial charge in [0.05, 0.1) is 18.5 Å². The Morgan fingerprint density at radius 1 is 1.24 bits per heavy atom. The highest BCUT2D eigenvalue weighted by Crippen LogP contribution is 2.24.